The lowest BCUT2D eigenvalue weighted by Crippen LogP contribution is -2.40. The van der Waals surface area contributed by atoms with Crippen LogP contribution in [0.2, 0.25) is 0 Å². The number of esters is 1. The monoisotopic (exact) mass is 359 g/mol. The summed E-state index contributed by atoms with van der Waals surface area (Å²) in [7, 11) is 0. The first-order valence-corrected chi connectivity index (χ1v) is 9.15. The van der Waals surface area contributed by atoms with Crippen molar-refractivity contribution in [2.24, 2.45) is 0 Å². The zero-order valence-electron chi connectivity index (χ0n) is 16.4. The summed E-state index contributed by atoms with van der Waals surface area (Å²) >= 11 is 0. The van der Waals surface area contributed by atoms with E-state index in [0.29, 0.717) is 25.3 Å². The Morgan fingerprint density at radius 2 is 1.58 bits per heavy atom. The number of amides is 1. The van der Waals surface area contributed by atoms with E-state index in [0.717, 1.165) is 18.4 Å². The van der Waals surface area contributed by atoms with Gasteiger partial charge in [0, 0.05) is 13.1 Å². The summed E-state index contributed by atoms with van der Waals surface area (Å²) in [5, 5.41) is 0. The molecule has 0 unspecified atom stereocenters. The van der Waals surface area contributed by atoms with Crippen molar-refractivity contribution in [3.8, 4) is 0 Å². The second-order valence-corrected chi connectivity index (χ2v) is 7.49. The normalized spacial score (nSPS) is 14.8. The van der Waals surface area contributed by atoms with E-state index >= 15 is 0 Å². The van der Waals surface area contributed by atoms with E-state index < -0.39 is 5.60 Å². The Balaban J connectivity index is 2.01. The number of piperidine rings is 1. The van der Waals surface area contributed by atoms with Crippen molar-refractivity contribution in [2.75, 3.05) is 19.7 Å². The van der Waals surface area contributed by atoms with Crippen LogP contribution in [0.25, 0.3) is 5.57 Å². The molecule has 26 heavy (non-hydrogen) atoms. The lowest BCUT2D eigenvalue weighted by atomic mass is 9.94. The van der Waals surface area contributed by atoms with Crippen LogP contribution in [-0.2, 0) is 9.47 Å². The third-order valence-electron chi connectivity index (χ3n) is 4.38. The van der Waals surface area contributed by atoms with Gasteiger partial charge in [0.2, 0.25) is 0 Å². The predicted octanol–water partition coefficient (Wildman–Crippen LogP) is 4.67. The van der Waals surface area contributed by atoms with E-state index in [1.54, 1.807) is 24.0 Å². The lowest BCUT2D eigenvalue weighted by molar-refractivity contribution is 0.0236. The number of hydrogen-bond acceptors (Lipinski definition) is 4. The molecule has 1 aliphatic rings. The third kappa shape index (κ3) is 5.35. The number of carbonyl (C=O) groups excluding carboxylic acids is 2. The maximum absolute atomic E-state index is 12.2. The Morgan fingerprint density at radius 1 is 1.04 bits per heavy atom. The highest BCUT2D eigenvalue weighted by Crippen LogP contribution is 2.27. The van der Waals surface area contributed by atoms with Crippen LogP contribution in [0, 0.1) is 0 Å². The molecule has 0 spiro atoms. The molecule has 0 saturated carbocycles. The first-order valence-electron chi connectivity index (χ1n) is 9.15. The number of nitrogens with zero attached hydrogens (tertiary/aromatic N) is 1. The van der Waals surface area contributed by atoms with Crippen LogP contribution in [0.3, 0.4) is 0 Å². The van der Waals surface area contributed by atoms with Gasteiger partial charge in [-0.3, -0.25) is 0 Å². The van der Waals surface area contributed by atoms with E-state index in [4.69, 9.17) is 9.47 Å². The molecule has 1 amide bonds. The maximum atomic E-state index is 12.2. The summed E-state index contributed by atoms with van der Waals surface area (Å²) in [5.41, 5.74) is 3.74. The number of benzene rings is 1. The van der Waals surface area contributed by atoms with Gasteiger partial charge in [-0.15, -0.1) is 0 Å². The Labute approximate surface area is 156 Å². The molecule has 0 radical (unpaired) electrons. The topological polar surface area (TPSA) is 55.8 Å². The Morgan fingerprint density at radius 3 is 2.08 bits per heavy atom. The van der Waals surface area contributed by atoms with Crippen molar-refractivity contribution in [1.82, 2.24) is 4.90 Å². The van der Waals surface area contributed by atoms with E-state index in [-0.39, 0.29) is 12.1 Å². The molecule has 142 valence electrons. The number of ether oxygens (including phenoxy) is 2. The third-order valence-corrected chi connectivity index (χ3v) is 4.38. The maximum Gasteiger partial charge on any atom is 0.410 e. The average molecular weight is 359 g/mol. The fraction of sp³-hybridized carbons (Fsp3) is 0.524. The summed E-state index contributed by atoms with van der Waals surface area (Å²) in [6.45, 7) is 11.2. The van der Waals surface area contributed by atoms with Crippen molar-refractivity contribution in [3.63, 3.8) is 0 Å². The first kappa shape index (κ1) is 20.0. The molecule has 0 aliphatic carbocycles. The standard InChI is InChI=1S/C21H29NO4/c1-6-25-19(23)18-9-7-16(8-10-18)15(2)17-11-13-22(14-12-17)20(24)26-21(3,4)5/h7-10H,6,11-14H2,1-5H3. The van der Waals surface area contributed by atoms with E-state index in [1.165, 1.54) is 11.1 Å². The molecule has 0 bridgehead atoms. The summed E-state index contributed by atoms with van der Waals surface area (Å²) in [5.74, 6) is -0.296. The predicted molar refractivity (Wildman–Crippen MR) is 102 cm³/mol. The summed E-state index contributed by atoms with van der Waals surface area (Å²) < 4.78 is 10.5. The minimum absolute atomic E-state index is 0.243. The van der Waals surface area contributed by atoms with Crippen molar-refractivity contribution >= 4 is 17.6 Å². The number of likely N-dealkylation sites (tertiary alicyclic amines) is 1. The largest absolute Gasteiger partial charge is 0.462 e. The second kappa shape index (κ2) is 8.39. The smallest absolute Gasteiger partial charge is 0.410 e. The quantitative estimate of drug-likeness (QED) is 0.736. The molecule has 2 rings (SSSR count). The summed E-state index contributed by atoms with van der Waals surface area (Å²) in [6, 6.07) is 7.50. The highest BCUT2D eigenvalue weighted by molar-refractivity contribution is 5.89. The molecule has 1 aliphatic heterocycles. The average Bonchev–Trinajstić information content (AvgIpc) is 2.60. The zero-order valence-corrected chi connectivity index (χ0v) is 16.4. The van der Waals surface area contributed by atoms with Crippen LogP contribution in [0.4, 0.5) is 4.79 Å². The van der Waals surface area contributed by atoms with Gasteiger partial charge in [0.25, 0.3) is 0 Å². The van der Waals surface area contributed by atoms with Crippen molar-refractivity contribution in [3.05, 3.63) is 41.0 Å². The molecule has 5 heteroatoms. The summed E-state index contributed by atoms with van der Waals surface area (Å²) in [6.07, 6.45) is 1.43. The van der Waals surface area contributed by atoms with Crippen molar-refractivity contribution in [1.29, 1.82) is 0 Å². The molecule has 5 nitrogen and oxygen atoms in total. The Kier molecular flexibility index (Phi) is 6.46. The van der Waals surface area contributed by atoms with E-state index in [2.05, 4.69) is 6.92 Å². The second-order valence-electron chi connectivity index (χ2n) is 7.49. The van der Waals surface area contributed by atoms with E-state index in [9.17, 15) is 9.59 Å². The molecular weight excluding hydrogens is 330 g/mol. The van der Waals surface area contributed by atoms with Gasteiger partial charge in [0.15, 0.2) is 0 Å². The van der Waals surface area contributed by atoms with Gasteiger partial charge in [0.1, 0.15) is 5.60 Å². The van der Waals surface area contributed by atoms with Crippen LogP contribution in [0.15, 0.2) is 29.8 Å². The molecule has 1 saturated heterocycles. The Bertz CT molecular complexity index is 673. The molecule has 0 atom stereocenters. The minimum atomic E-state index is -0.468. The fourth-order valence-corrected chi connectivity index (χ4v) is 2.94. The van der Waals surface area contributed by atoms with Crippen molar-refractivity contribution < 1.29 is 19.1 Å². The first-order chi connectivity index (χ1) is 12.2. The van der Waals surface area contributed by atoms with Gasteiger partial charge >= 0.3 is 12.1 Å². The molecule has 1 heterocycles. The molecular formula is C21H29NO4. The highest BCUT2D eigenvalue weighted by Gasteiger charge is 2.25. The van der Waals surface area contributed by atoms with Crippen molar-refractivity contribution in [2.45, 2.75) is 53.1 Å². The number of allylic oxidation sites excluding steroid dienone is 1. The van der Waals surface area contributed by atoms with E-state index in [1.807, 2.05) is 32.9 Å². The fourth-order valence-electron chi connectivity index (χ4n) is 2.94. The minimum Gasteiger partial charge on any atom is -0.462 e. The molecule has 0 aromatic heterocycles. The molecule has 0 N–H and O–H groups in total. The lowest BCUT2D eigenvalue weighted by Gasteiger charge is -2.31. The van der Waals surface area contributed by atoms with Gasteiger partial charge in [0.05, 0.1) is 12.2 Å². The Hall–Kier alpha value is -2.30. The zero-order chi connectivity index (χ0) is 19.3. The van der Waals surface area contributed by atoms with Crippen LogP contribution in [0.5, 0.6) is 0 Å². The van der Waals surface area contributed by atoms with Crippen LogP contribution in [0.1, 0.15) is 63.4 Å². The van der Waals surface area contributed by atoms with Gasteiger partial charge in [-0.1, -0.05) is 17.7 Å². The SMILES string of the molecule is CCOC(=O)c1ccc(C(C)=C2CCN(C(=O)OC(C)(C)C)CC2)cc1. The van der Waals surface area contributed by atoms with Crippen LogP contribution >= 0.6 is 0 Å². The van der Waals surface area contributed by atoms with Crippen LogP contribution < -0.4 is 0 Å². The molecule has 1 fully saturated rings. The number of carbonyl (C=O) groups is 2. The van der Waals surface area contributed by atoms with Gasteiger partial charge in [-0.2, -0.15) is 0 Å². The van der Waals surface area contributed by atoms with Gasteiger partial charge in [-0.25, -0.2) is 9.59 Å². The number of hydrogen-bond donors (Lipinski definition) is 0. The van der Waals surface area contributed by atoms with Gasteiger partial charge < -0.3 is 14.4 Å². The molecule has 1 aromatic rings. The molecule has 1 aromatic carbocycles. The summed E-state index contributed by atoms with van der Waals surface area (Å²) in [4.78, 5) is 25.7. The van der Waals surface area contributed by atoms with Gasteiger partial charge in [-0.05, 0) is 70.7 Å². The highest BCUT2D eigenvalue weighted by atomic mass is 16.6. The van der Waals surface area contributed by atoms with Crippen LogP contribution in [-0.4, -0.2) is 42.3 Å². The number of rotatable bonds is 3.